The van der Waals surface area contributed by atoms with Gasteiger partial charge >= 0.3 is 11.9 Å². The fourth-order valence-corrected chi connectivity index (χ4v) is 1.21. The second-order valence-corrected chi connectivity index (χ2v) is 3.31. The van der Waals surface area contributed by atoms with E-state index in [1.807, 2.05) is 0 Å². The average molecular weight is 253 g/mol. The quantitative estimate of drug-likeness (QED) is 0.486. The Balaban J connectivity index is 2.55. The van der Waals surface area contributed by atoms with Crippen molar-refractivity contribution in [1.29, 1.82) is 0 Å². The molecule has 1 aromatic carbocycles. The third-order valence-electron chi connectivity index (χ3n) is 2.04. The minimum atomic E-state index is -1.07. The van der Waals surface area contributed by atoms with Crippen LogP contribution in [-0.4, -0.2) is 30.8 Å². The molecule has 18 heavy (non-hydrogen) atoms. The molecule has 0 radical (unpaired) electrons. The molecule has 0 saturated heterocycles. The van der Waals surface area contributed by atoms with Crippen molar-refractivity contribution in [1.82, 2.24) is 5.32 Å². The van der Waals surface area contributed by atoms with Crippen molar-refractivity contribution >= 4 is 17.7 Å². The number of benzene rings is 1. The smallest absolute Gasteiger partial charge is 0.396 e. The molecule has 1 rings (SSSR count). The van der Waals surface area contributed by atoms with E-state index in [4.69, 9.17) is 0 Å². The maximum Gasteiger partial charge on any atom is 0.396 e. The second-order valence-electron chi connectivity index (χ2n) is 3.31. The van der Waals surface area contributed by atoms with Gasteiger partial charge in [-0.2, -0.15) is 0 Å². The predicted molar refractivity (Wildman–Crippen MR) is 60.4 cm³/mol. The highest BCUT2D eigenvalue weighted by Crippen LogP contribution is 2.06. The first-order valence-corrected chi connectivity index (χ1v) is 5.29. The van der Waals surface area contributed by atoms with Crippen LogP contribution in [0, 0.1) is 5.82 Å². The Morgan fingerprint density at radius 1 is 1.28 bits per heavy atom. The van der Waals surface area contributed by atoms with Gasteiger partial charge in [-0.15, -0.1) is 0 Å². The number of hydrogen-bond acceptors (Lipinski definition) is 4. The Kier molecular flexibility index (Phi) is 4.98. The average Bonchev–Trinajstić information content (AvgIpc) is 2.36. The topological polar surface area (TPSA) is 72.5 Å². The fourth-order valence-electron chi connectivity index (χ4n) is 1.21. The first-order chi connectivity index (χ1) is 8.56. The highest BCUT2D eigenvalue weighted by Gasteiger charge is 2.17. The summed E-state index contributed by atoms with van der Waals surface area (Å²) in [6.07, 6.45) is 0. The molecule has 1 N–H and O–H groups in total. The monoisotopic (exact) mass is 253 g/mol. The van der Waals surface area contributed by atoms with Gasteiger partial charge in [-0.1, -0.05) is 12.1 Å². The molecule has 1 aromatic rings. The molecule has 96 valence electrons. The highest BCUT2D eigenvalue weighted by atomic mass is 19.1. The number of ketones is 1. The molecule has 0 heterocycles. The van der Waals surface area contributed by atoms with Gasteiger partial charge in [0.15, 0.2) is 5.78 Å². The first-order valence-electron chi connectivity index (χ1n) is 5.29. The number of amides is 1. The molecule has 0 aliphatic rings. The van der Waals surface area contributed by atoms with Crippen LogP contribution < -0.4 is 5.32 Å². The Morgan fingerprint density at radius 3 is 2.56 bits per heavy atom. The van der Waals surface area contributed by atoms with Crippen molar-refractivity contribution in [2.45, 2.75) is 6.92 Å². The standard InChI is InChI=1S/C12H12FNO4/c1-2-18-12(17)11(16)14-7-10(15)8-5-3-4-6-9(8)13/h3-6H,2,7H2,1H3,(H,14,16). The van der Waals surface area contributed by atoms with Crippen molar-refractivity contribution in [2.75, 3.05) is 13.2 Å². The summed E-state index contributed by atoms with van der Waals surface area (Å²) in [6, 6.07) is 5.39. The molecule has 0 fully saturated rings. The molecule has 0 spiro atoms. The van der Waals surface area contributed by atoms with E-state index in [0.29, 0.717) is 0 Å². The van der Waals surface area contributed by atoms with E-state index in [1.54, 1.807) is 6.92 Å². The Hall–Kier alpha value is -2.24. The summed E-state index contributed by atoms with van der Waals surface area (Å²) in [5, 5.41) is 2.06. The number of carbonyl (C=O) groups is 3. The van der Waals surface area contributed by atoms with Gasteiger partial charge in [0, 0.05) is 0 Å². The van der Waals surface area contributed by atoms with E-state index < -0.39 is 30.0 Å². The summed E-state index contributed by atoms with van der Waals surface area (Å²) < 4.78 is 17.6. The second kappa shape index (κ2) is 6.48. The molecule has 0 atom stereocenters. The van der Waals surface area contributed by atoms with Gasteiger partial charge in [0.05, 0.1) is 18.7 Å². The van der Waals surface area contributed by atoms with Crippen molar-refractivity contribution in [3.8, 4) is 0 Å². The summed E-state index contributed by atoms with van der Waals surface area (Å²) in [5.74, 6) is -3.39. The molecular weight excluding hydrogens is 241 g/mol. The van der Waals surface area contributed by atoms with Gasteiger partial charge in [0.25, 0.3) is 0 Å². The highest BCUT2D eigenvalue weighted by molar-refractivity contribution is 6.32. The lowest BCUT2D eigenvalue weighted by atomic mass is 10.1. The van der Waals surface area contributed by atoms with Crippen LogP contribution in [0.5, 0.6) is 0 Å². The minimum Gasteiger partial charge on any atom is -0.459 e. The predicted octanol–water partition coefficient (Wildman–Crippen LogP) is 0.688. The molecule has 1 amide bonds. The summed E-state index contributed by atoms with van der Waals surface area (Å²) in [6.45, 7) is 1.15. The van der Waals surface area contributed by atoms with Crippen molar-refractivity contribution in [2.24, 2.45) is 0 Å². The molecule has 6 heteroatoms. The number of Topliss-reactive ketones (excluding diaryl/α,β-unsaturated/α-hetero) is 1. The third-order valence-corrected chi connectivity index (χ3v) is 2.04. The summed E-state index contributed by atoms with van der Waals surface area (Å²) in [4.78, 5) is 33.6. The van der Waals surface area contributed by atoms with E-state index >= 15 is 0 Å². The maximum absolute atomic E-state index is 13.2. The zero-order chi connectivity index (χ0) is 13.5. The van der Waals surface area contributed by atoms with Gasteiger partial charge in [-0.3, -0.25) is 9.59 Å². The molecule has 0 saturated carbocycles. The van der Waals surface area contributed by atoms with Gasteiger partial charge < -0.3 is 10.1 Å². The molecule has 0 aromatic heterocycles. The summed E-state index contributed by atoms with van der Waals surface area (Å²) in [7, 11) is 0. The van der Waals surface area contributed by atoms with E-state index in [1.165, 1.54) is 18.2 Å². The number of rotatable bonds is 4. The number of carbonyl (C=O) groups excluding carboxylic acids is 3. The van der Waals surface area contributed by atoms with E-state index in [0.717, 1.165) is 6.07 Å². The fraction of sp³-hybridized carbons (Fsp3) is 0.250. The SMILES string of the molecule is CCOC(=O)C(=O)NCC(=O)c1ccccc1F. The van der Waals surface area contributed by atoms with Crippen LogP contribution in [0.2, 0.25) is 0 Å². The zero-order valence-electron chi connectivity index (χ0n) is 9.73. The normalized spacial score (nSPS) is 9.67. The Morgan fingerprint density at radius 2 is 1.94 bits per heavy atom. The van der Waals surface area contributed by atoms with Crippen molar-refractivity contribution < 1.29 is 23.5 Å². The van der Waals surface area contributed by atoms with Gasteiger partial charge in [0.2, 0.25) is 0 Å². The largest absolute Gasteiger partial charge is 0.459 e. The number of esters is 1. The lowest BCUT2D eigenvalue weighted by Gasteiger charge is -2.04. The van der Waals surface area contributed by atoms with Gasteiger partial charge in [-0.25, -0.2) is 9.18 Å². The van der Waals surface area contributed by atoms with Crippen LogP contribution >= 0.6 is 0 Å². The molecular formula is C12H12FNO4. The number of nitrogens with one attached hydrogen (secondary N) is 1. The van der Waals surface area contributed by atoms with Crippen LogP contribution in [0.3, 0.4) is 0 Å². The number of hydrogen-bond donors (Lipinski definition) is 1. The van der Waals surface area contributed by atoms with Crippen LogP contribution in [-0.2, 0) is 14.3 Å². The van der Waals surface area contributed by atoms with Gasteiger partial charge in [0.1, 0.15) is 5.82 Å². The lowest BCUT2D eigenvalue weighted by Crippen LogP contribution is -2.36. The lowest BCUT2D eigenvalue weighted by molar-refractivity contribution is -0.154. The van der Waals surface area contributed by atoms with Crippen LogP contribution in [0.25, 0.3) is 0 Å². The number of ether oxygens (including phenoxy) is 1. The number of halogens is 1. The molecule has 5 nitrogen and oxygen atoms in total. The van der Waals surface area contributed by atoms with E-state index in [-0.39, 0.29) is 12.2 Å². The Labute approximate surface area is 103 Å². The molecule has 0 bridgehead atoms. The summed E-state index contributed by atoms with van der Waals surface area (Å²) >= 11 is 0. The van der Waals surface area contributed by atoms with Crippen LogP contribution in [0.1, 0.15) is 17.3 Å². The molecule has 0 aliphatic carbocycles. The minimum absolute atomic E-state index is 0.0630. The van der Waals surface area contributed by atoms with Crippen LogP contribution in [0.4, 0.5) is 4.39 Å². The molecule has 0 aliphatic heterocycles. The van der Waals surface area contributed by atoms with Gasteiger partial charge in [-0.05, 0) is 19.1 Å². The molecule has 0 unspecified atom stereocenters. The first kappa shape index (κ1) is 13.8. The van der Waals surface area contributed by atoms with E-state index in [9.17, 15) is 18.8 Å². The van der Waals surface area contributed by atoms with Crippen LogP contribution in [0.15, 0.2) is 24.3 Å². The van der Waals surface area contributed by atoms with E-state index in [2.05, 4.69) is 10.1 Å². The maximum atomic E-state index is 13.2. The van der Waals surface area contributed by atoms with Crippen molar-refractivity contribution in [3.05, 3.63) is 35.6 Å². The third kappa shape index (κ3) is 3.65. The summed E-state index contributed by atoms with van der Waals surface area (Å²) in [5.41, 5.74) is -0.137. The van der Waals surface area contributed by atoms with Crippen molar-refractivity contribution in [3.63, 3.8) is 0 Å². The Bertz CT molecular complexity index is 473. The zero-order valence-corrected chi connectivity index (χ0v) is 9.73.